The van der Waals surface area contributed by atoms with Crippen LogP contribution in [0, 0.1) is 10.8 Å². The van der Waals surface area contributed by atoms with Crippen LogP contribution in [-0.2, 0) is 9.59 Å². The van der Waals surface area contributed by atoms with E-state index in [1.54, 1.807) is 4.90 Å². The first-order valence-corrected chi connectivity index (χ1v) is 6.73. The number of nitrogens with zero attached hydrogens (tertiary/aromatic N) is 1. The lowest BCUT2D eigenvalue weighted by atomic mass is 9.89. The summed E-state index contributed by atoms with van der Waals surface area (Å²) < 4.78 is 0. The van der Waals surface area contributed by atoms with E-state index in [4.69, 9.17) is 5.73 Å². The van der Waals surface area contributed by atoms with Crippen molar-refractivity contribution >= 4 is 24.4 Å². The van der Waals surface area contributed by atoms with E-state index in [0.717, 1.165) is 18.6 Å². The van der Waals surface area contributed by atoms with Crippen LogP contribution in [0.3, 0.4) is 0 Å². The van der Waals surface area contributed by atoms with Gasteiger partial charge in [0.05, 0.1) is 5.41 Å². The van der Waals surface area contributed by atoms with Crippen molar-refractivity contribution < 1.29 is 9.59 Å². The van der Waals surface area contributed by atoms with Crippen molar-refractivity contribution in [1.82, 2.24) is 4.90 Å². The van der Waals surface area contributed by atoms with Crippen molar-refractivity contribution in [2.45, 2.75) is 32.6 Å². The first-order valence-electron chi connectivity index (χ1n) is 6.09. The Morgan fingerprint density at radius 3 is 2.41 bits per heavy atom. The number of thiol groups is 1. The van der Waals surface area contributed by atoms with E-state index in [1.165, 1.54) is 0 Å². The SMILES string of the molecule is CC1(C(N)=O)CCN(C(=O)CC2(CS)CC2)C1. The van der Waals surface area contributed by atoms with Crippen LogP contribution in [-0.4, -0.2) is 35.6 Å². The van der Waals surface area contributed by atoms with E-state index in [-0.39, 0.29) is 17.2 Å². The van der Waals surface area contributed by atoms with Gasteiger partial charge in [-0.3, -0.25) is 9.59 Å². The largest absolute Gasteiger partial charge is 0.369 e. The molecule has 1 aliphatic heterocycles. The Labute approximate surface area is 107 Å². The van der Waals surface area contributed by atoms with Crippen molar-refractivity contribution in [3.05, 3.63) is 0 Å². The molecule has 1 heterocycles. The summed E-state index contributed by atoms with van der Waals surface area (Å²) in [5.74, 6) is 0.629. The number of carbonyl (C=O) groups is 2. The summed E-state index contributed by atoms with van der Waals surface area (Å²) in [5.41, 5.74) is 4.98. The Morgan fingerprint density at radius 1 is 1.35 bits per heavy atom. The summed E-state index contributed by atoms with van der Waals surface area (Å²) >= 11 is 4.30. The highest BCUT2D eigenvalue weighted by atomic mass is 32.1. The predicted molar refractivity (Wildman–Crippen MR) is 68.6 cm³/mol. The molecule has 0 aromatic rings. The summed E-state index contributed by atoms with van der Waals surface area (Å²) in [6.45, 7) is 2.97. The Hall–Kier alpha value is -0.710. The molecule has 17 heavy (non-hydrogen) atoms. The second-order valence-corrected chi connectivity index (χ2v) is 6.14. The van der Waals surface area contributed by atoms with Crippen LogP contribution in [0.25, 0.3) is 0 Å². The Bertz CT molecular complexity index is 354. The Morgan fingerprint density at radius 2 is 2.00 bits per heavy atom. The fraction of sp³-hybridized carbons (Fsp3) is 0.833. The van der Waals surface area contributed by atoms with Crippen LogP contribution in [0.4, 0.5) is 0 Å². The highest BCUT2D eigenvalue weighted by Gasteiger charge is 2.46. The summed E-state index contributed by atoms with van der Waals surface area (Å²) in [5, 5.41) is 0. The maximum atomic E-state index is 12.1. The van der Waals surface area contributed by atoms with Crippen LogP contribution in [0.2, 0.25) is 0 Å². The summed E-state index contributed by atoms with van der Waals surface area (Å²) in [7, 11) is 0. The molecule has 4 nitrogen and oxygen atoms in total. The molecule has 2 rings (SSSR count). The van der Waals surface area contributed by atoms with E-state index in [0.29, 0.717) is 25.9 Å². The van der Waals surface area contributed by atoms with Gasteiger partial charge in [0.15, 0.2) is 0 Å². The molecule has 1 aliphatic carbocycles. The average molecular weight is 256 g/mol. The van der Waals surface area contributed by atoms with Gasteiger partial charge in [-0.2, -0.15) is 12.6 Å². The van der Waals surface area contributed by atoms with E-state index in [2.05, 4.69) is 12.6 Å². The van der Waals surface area contributed by atoms with Crippen LogP contribution in [0.15, 0.2) is 0 Å². The van der Waals surface area contributed by atoms with Crippen LogP contribution in [0.1, 0.15) is 32.6 Å². The third-order valence-electron chi connectivity index (χ3n) is 4.24. The molecule has 2 aliphatic rings. The van der Waals surface area contributed by atoms with Crippen LogP contribution in [0.5, 0.6) is 0 Å². The molecule has 1 saturated heterocycles. The van der Waals surface area contributed by atoms with E-state index in [9.17, 15) is 9.59 Å². The molecule has 0 aromatic heterocycles. The van der Waals surface area contributed by atoms with E-state index in [1.807, 2.05) is 6.92 Å². The third kappa shape index (κ3) is 2.44. The van der Waals surface area contributed by atoms with Crippen molar-refractivity contribution in [1.29, 1.82) is 0 Å². The molecule has 2 N–H and O–H groups in total. The molecule has 0 radical (unpaired) electrons. The monoisotopic (exact) mass is 256 g/mol. The number of likely N-dealkylation sites (tertiary alicyclic amines) is 1. The maximum Gasteiger partial charge on any atom is 0.225 e. The minimum Gasteiger partial charge on any atom is -0.369 e. The lowest BCUT2D eigenvalue weighted by Crippen LogP contribution is -2.39. The van der Waals surface area contributed by atoms with Gasteiger partial charge in [0.1, 0.15) is 0 Å². The fourth-order valence-electron chi connectivity index (χ4n) is 2.38. The summed E-state index contributed by atoms with van der Waals surface area (Å²) in [4.78, 5) is 25.2. The first-order chi connectivity index (χ1) is 7.91. The van der Waals surface area contributed by atoms with Gasteiger partial charge in [0, 0.05) is 19.5 Å². The van der Waals surface area contributed by atoms with Crippen LogP contribution < -0.4 is 5.73 Å². The zero-order valence-corrected chi connectivity index (χ0v) is 11.1. The van der Waals surface area contributed by atoms with Gasteiger partial charge in [-0.1, -0.05) is 0 Å². The van der Waals surface area contributed by atoms with Gasteiger partial charge in [0.25, 0.3) is 0 Å². The van der Waals surface area contributed by atoms with E-state index < -0.39 is 5.41 Å². The van der Waals surface area contributed by atoms with E-state index >= 15 is 0 Å². The molecule has 5 heteroatoms. The minimum atomic E-state index is -0.534. The molecule has 0 bridgehead atoms. The molecule has 2 fully saturated rings. The number of rotatable bonds is 4. The van der Waals surface area contributed by atoms with Gasteiger partial charge >= 0.3 is 0 Å². The maximum absolute atomic E-state index is 12.1. The van der Waals surface area contributed by atoms with Crippen molar-refractivity contribution in [3.8, 4) is 0 Å². The molecule has 2 amide bonds. The first kappa shape index (κ1) is 12.7. The topological polar surface area (TPSA) is 63.4 Å². The van der Waals surface area contributed by atoms with Crippen LogP contribution >= 0.6 is 12.6 Å². The molecule has 96 valence electrons. The number of nitrogens with two attached hydrogens (primary N) is 1. The number of primary amides is 1. The third-order valence-corrected chi connectivity index (χ3v) is 4.91. The lowest BCUT2D eigenvalue weighted by molar-refractivity contribution is -0.132. The normalized spacial score (nSPS) is 30.4. The average Bonchev–Trinajstić information content (AvgIpc) is 2.93. The van der Waals surface area contributed by atoms with Gasteiger partial charge in [-0.05, 0) is 37.4 Å². The molecular formula is C12H20N2O2S. The van der Waals surface area contributed by atoms with Gasteiger partial charge in [-0.25, -0.2) is 0 Å². The number of amides is 2. The zero-order valence-electron chi connectivity index (χ0n) is 10.2. The number of hydrogen-bond donors (Lipinski definition) is 2. The van der Waals surface area contributed by atoms with Crippen molar-refractivity contribution in [3.63, 3.8) is 0 Å². The fourth-order valence-corrected chi connectivity index (χ4v) is 2.80. The van der Waals surface area contributed by atoms with Crippen molar-refractivity contribution in [2.24, 2.45) is 16.6 Å². The van der Waals surface area contributed by atoms with Gasteiger partial charge < -0.3 is 10.6 Å². The summed E-state index contributed by atoms with van der Waals surface area (Å²) in [6, 6.07) is 0. The standard InChI is InChI=1S/C12H20N2O2S/c1-11(10(13)16)4-5-14(7-11)9(15)6-12(8-17)2-3-12/h17H,2-8H2,1H3,(H2,13,16). The molecular weight excluding hydrogens is 236 g/mol. The molecule has 0 aromatic carbocycles. The smallest absolute Gasteiger partial charge is 0.225 e. The molecule has 0 spiro atoms. The molecule has 1 unspecified atom stereocenters. The molecule has 1 saturated carbocycles. The highest BCUT2D eigenvalue weighted by molar-refractivity contribution is 7.80. The number of hydrogen-bond acceptors (Lipinski definition) is 3. The lowest BCUT2D eigenvalue weighted by Gasteiger charge is -2.22. The Balaban J connectivity index is 1.92. The molecule has 1 atom stereocenters. The highest BCUT2D eigenvalue weighted by Crippen LogP contribution is 2.50. The zero-order chi connectivity index (χ0) is 12.7. The number of carbonyl (C=O) groups excluding carboxylic acids is 2. The quantitative estimate of drug-likeness (QED) is 0.731. The minimum absolute atomic E-state index is 0.145. The Kier molecular flexibility index (Phi) is 3.14. The van der Waals surface area contributed by atoms with Crippen molar-refractivity contribution in [2.75, 3.05) is 18.8 Å². The van der Waals surface area contributed by atoms with Gasteiger partial charge in [0.2, 0.25) is 11.8 Å². The second kappa shape index (κ2) is 4.19. The summed E-state index contributed by atoms with van der Waals surface area (Å²) in [6.07, 6.45) is 3.46. The predicted octanol–water partition coefficient (Wildman–Crippen LogP) is 0.810. The second-order valence-electron chi connectivity index (χ2n) is 5.83. The van der Waals surface area contributed by atoms with Gasteiger partial charge in [-0.15, -0.1) is 0 Å².